The third-order valence-electron chi connectivity index (χ3n) is 3.72. The number of hydrazone groups is 1. The van der Waals surface area contributed by atoms with E-state index in [9.17, 15) is 0 Å². The second-order valence-electron chi connectivity index (χ2n) is 5.86. The molecule has 0 atom stereocenters. The van der Waals surface area contributed by atoms with Crippen LogP contribution in [-0.2, 0) is 4.74 Å². The minimum Gasteiger partial charge on any atom is -0.491 e. The first-order valence-corrected chi connectivity index (χ1v) is 9.04. The van der Waals surface area contributed by atoms with Crippen molar-refractivity contribution in [1.82, 2.24) is 5.43 Å². The number of aryl methyl sites for hydroxylation is 2. The van der Waals surface area contributed by atoms with Crippen molar-refractivity contribution in [1.29, 1.82) is 0 Å². The summed E-state index contributed by atoms with van der Waals surface area (Å²) in [4.78, 5) is 0. The molecule has 2 rings (SSSR count). The van der Waals surface area contributed by atoms with Crippen molar-refractivity contribution >= 4 is 23.5 Å². The number of hydrogen-bond acceptors (Lipinski definition) is 5. The average Bonchev–Trinajstić information content (AvgIpc) is 2.64. The van der Waals surface area contributed by atoms with Crippen molar-refractivity contribution in [3.05, 3.63) is 59.2 Å². The lowest BCUT2D eigenvalue weighted by atomic mass is 10.1. The molecule has 144 valence electrons. The molecule has 0 aliphatic heterocycles. The number of nitrogens with two attached hydrogens (primary N) is 1. The molecule has 0 bridgehead atoms. The Morgan fingerprint density at radius 3 is 2.37 bits per heavy atom. The van der Waals surface area contributed by atoms with Gasteiger partial charge in [0.1, 0.15) is 24.7 Å². The van der Waals surface area contributed by atoms with Crippen LogP contribution in [0.25, 0.3) is 0 Å². The lowest BCUT2D eigenvalue weighted by molar-refractivity contribution is 0.0764. The zero-order chi connectivity index (χ0) is 19.5. The fourth-order valence-electron chi connectivity index (χ4n) is 2.20. The Labute approximate surface area is 165 Å². The molecule has 0 saturated heterocycles. The number of nitrogens with one attached hydrogen (secondary N) is 1. The average molecular weight is 388 g/mol. The Kier molecular flexibility index (Phi) is 8.54. The second kappa shape index (κ2) is 11.2. The van der Waals surface area contributed by atoms with Crippen LogP contribution >= 0.6 is 12.2 Å². The zero-order valence-corrected chi connectivity index (χ0v) is 16.4. The van der Waals surface area contributed by atoms with Crippen LogP contribution in [0.1, 0.15) is 16.7 Å². The SMILES string of the molecule is Cc1ccc(OCCOCCOc2cccc(/C=N\NC(N)=S)c2)cc1C. The molecular formula is C20H25N3O3S. The highest BCUT2D eigenvalue weighted by Crippen LogP contribution is 2.16. The predicted molar refractivity (Wildman–Crippen MR) is 112 cm³/mol. The van der Waals surface area contributed by atoms with E-state index in [1.165, 1.54) is 11.1 Å². The van der Waals surface area contributed by atoms with Crippen LogP contribution in [0.4, 0.5) is 0 Å². The normalized spacial score (nSPS) is 10.7. The van der Waals surface area contributed by atoms with E-state index >= 15 is 0 Å². The fraction of sp³-hybridized carbons (Fsp3) is 0.300. The third kappa shape index (κ3) is 8.06. The van der Waals surface area contributed by atoms with Gasteiger partial charge in [-0.2, -0.15) is 5.10 Å². The van der Waals surface area contributed by atoms with Gasteiger partial charge in [0.2, 0.25) is 0 Å². The Morgan fingerprint density at radius 1 is 1.00 bits per heavy atom. The summed E-state index contributed by atoms with van der Waals surface area (Å²) in [6.45, 7) is 6.10. The zero-order valence-electron chi connectivity index (χ0n) is 15.6. The first kappa shape index (κ1) is 20.7. The van der Waals surface area contributed by atoms with Crippen molar-refractivity contribution in [3.8, 4) is 11.5 Å². The van der Waals surface area contributed by atoms with Crippen molar-refractivity contribution < 1.29 is 14.2 Å². The maximum Gasteiger partial charge on any atom is 0.184 e. The molecule has 2 aromatic rings. The van der Waals surface area contributed by atoms with Gasteiger partial charge < -0.3 is 19.9 Å². The van der Waals surface area contributed by atoms with Crippen LogP contribution in [-0.4, -0.2) is 37.8 Å². The molecule has 0 fully saturated rings. The summed E-state index contributed by atoms with van der Waals surface area (Å²) < 4.78 is 16.9. The summed E-state index contributed by atoms with van der Waals surface area (Å²) in [5, 5.41) is 4.03. The molecule has 0 aliphatic carbocycles. The second-order valence-corrected chi connectivity index (χ2v) is 6.30. The number of thiocarbonyl (C=S) groups is 1. The van der Waals surface area contributed by atoms with Gasteiger partial charge in [-0.05, 0) is 67.0 Å². The van der Waals surface area contributed by atoms with Crippen molar-refractivity contribution in [2.45, 2.75) is 13.8 Å². The summed E-state index contributed by atoms with van der Waals surface area (Å²) in [6.07, 6.45) is 1.62. The topological polar surface area (TPSA) is 78.1 Å². The fourth-order valence-corrected chi connectivity index (χ4v) is 2.25. The minimum atomic E-state index is 0.122. The molecule has 27 heavy (non-hydrogen) atoms. The predicted octanol–water partition coefficient (Wildman–Crippen LogP) is 2.94. The summed E-state index contributed by atoms with van der Waals surface area (Å²) in [5.74, 6) is 1.60. The van der Waals surface area contributed by atoms with Gasteiger partial charge in [0.25, 0.3) is 0 Å². The largest absolute Gasteiger partial charge is 0.491 e. The van der Waals surface area contributed by atoms with E-state index in [0.717, 1.165) is 17.1 Å². The Balaban J connectivity index is 1.61. The number of rotatable bonds is 10. The van der Waals surface area contributed by atoms with E-state index in [-0.39, 0.29) is 5.11 Å². The van der Waals surface area contributed by atoms with E-state index in [1.807, 2.05) is 36.4 Å². The molecule has 6 nitrogen and oxygen atoms in total. The molecule has 7 heteroatoms. The lowest BCUT2D eigenvalue weighted by Crippen LogP contribution is -2.23. The highest BCUT2D eigenvalue weighted by molar-refractivity contribution is 7.80. The Bertz CT molecular complexity index is 781. The first-order chi connectivity index (χ1) is 13.0. The van der Waals surface area contributed by atoms with E-state index in [0.29, 0.717) is 26.4 Å². The number of benzene rings is 2. The van der Waals surface area contributed by atoms with E-state index in [4.69, 9.17) is 19.9 Å². The first-order valence-electron chi connectivity index (χ1n) is 8.64. The molecule has 0 radical (unpaired) electrons. The van der Waals surface area contributed by atoms with Gasteiger partial charge in [-0.3, -0.25) is 5.43 Å². The van der Waals surface area contributed by atoms with Gasteiger partial charge in [-0.25, -0.2) is 0 Å². The van der Waals surface area contributed by atoms with Crippen molar-refractivity contribution in [2.24, 2.45) is 10.8 Å². The molecular weight excluding hydrogens is 362 g/mol. The third-order valence-corrected chi connectivity index (χ3v) is 3.81. The lowest BCUT2D eigenvalue weighted by Gasteiger charge is -2.10. The Morgan fingerprint density at radius 2 is 1.70 bits per heavy atom. The molecule has 0 saturated carbocycles. The van der Waals surface area contributed by atoms with E-state index in [1.54, 1.807) is 6.21 Å². The summed E-state index contributed by atoms with van der Waals surface area (Å²) in [6, 6.07) is 13.6. The summed E-state index contributed by atoms with van der Waals surface area (Å²) in [7, 11) is 0. The van der Waals surface area contributed by atoms with Gasteiger partial charge in [0, 0.05) is 0 Å². The number of ether oxygens (including phenoxy) is 3. The van der Waals surface area contributed by atoms with Crippen LogP contribution in [0.5, 0.6) is 11.5 Å². The highest BCUT2D eigenvalue weighted by Gasteiger charge is 1.99. The maximum absolute atomic E-state index is 5.67. The highest BCUT2D eigenvalue weighted by atomic mass is 32.1. The maximum atomic E-state index is 5.67. The molecule has 0 spiro atoms. The number of hydrogen-bond donors (Lipinski definition) is 2. The van der Waals surface area contributed by atoms with Crippen LogP contribution < -0.4 is 20.6 Å². The van der Waals surface area contributed by atoms with Crippen LogP contribution in [0.3, 0.4) is 0 Å². The standard InChI is InChI=1S/C20H25N3O3S/c1-15-6-7-19(12-16(15)2)26-11-9-24-8-10-25-18-5-3-4-17(13-18)14-22-23-20(21)27/h3-7,12-14H,8-11H2,1-2H3,(H3,21,23,27)/b22-14-. The van der Waals surface area contributed by atoms with Crippen LogP contribution in [0, 0.1) is 13.8 Å². The van der Waals surface area contributed by atoms with Crippen LogP contribution in [0.2, 0.25) is 0 Å². The molecule has 3 N–H and O–H groups in total. The smallest absolute Gasteiger partial charge is 0.184 e. The van der Waals surface area contributed by atoms with Gasteiger partial charge in [-0.1, -0.05) is 18.2 Å². The van der Waals surface area contributed by atoms with Crippen LogP contribution in [0.15, 0.2) is 47.6 Å². The van der Waals surface area contributed by atoms with Crippen molar-refractivity contribution in [2.75, 3.05) is 26.4 Å². The molecule has 0 heterocycles. The molecule has 0 amide bonds. The quantitative estimate of drug-likeness (QED) is 0.282. The monoisotopic (exact) mass is 387 g/mol. The Hall–Kier alpha value is -2.64. The minimum absolute atomic E-state index is 0.122. The van der Waals surface area contributed by atoms with E-state index < -0.39 is 0 Å². The van der Waals surface area contributed by atoms with Crippen molar-refractivity contribution in [3.63, 3.8) is 0 Å². The number of nitrogens with zero attached hydrogens (tertiary/aromatic N) is 1. The van der Waals surface area contributed by atoms with Gasteiger partial charge >= 0.3 is 0 Å². The molecule has 0 unspecified atom stereocenters. The van der Waals surface area contributed by atoms with E-state index in [2.05, 4.69) is 42.7 Å². The summed E-state index contributed by atoms with van der Waals surface area (Å²) in [5.41, 5.74) is 11.2. The summed E-state index contributed by atoms with van der Waals surface area (Å²) >= 11 is 4.68. The van der Waals surface area contributed by atoms with Gasteiger partial charge in [-0.15, -0.1) is 0 Å². The van der Waals surface area contributed by atoms with Gasteiger partial charge in [0.15, 0.2) is 5.11 Å². The molecule has 0 aliphatic rings. The van der Waals surface area contributed by atoms with Gasteiger partial charge in [0.05, 0.1) is 19.4 Å². The molecule has 2 aromatic carbocycles. The molecule has 0 aromatic heterocycles.